The molecule has 1 aromatic heterocycles. The van der Waals surface area contributed by atoms with Crippen LogP contribution in [0.15, 0.2) is 24.3 Å². The maximum Gasteiger partial charge on any atom is 0.352 e. The Kier molecular flexibility index (Phi) is 4.12. The number of hydrogen-bond donors (Lipinski definition) is 3. The second-order valence-corrected chi connectivity index (χ2v) is 5.10. The molecule has 0 spiro atoms. The summed E-state index contributed by atoms with van der Waals surface area (Å²) in [6.07, 6.45) is 0. The third kappa shape index (κ3) is 3.13. The molecule has 0 aliphatic rings. The van der Waals surface area contributed by atoms with E-state index in [1.807, 2.05) is 31.2 Å². The van der Waals surface area contributed by atoms with E-state index in [1.54, 1.807) is 13.8 Å². The Hall–Kier alpha value is -2.56. The Labute approximate surface area is 123 Å². The molecule has 0 saturated heterocycles. The van der Waals surface area contributed by atoms with Crippen LogP contribution in [0.3, 0.4) is 0 Å². The average Bonchev–Trinajstić information content (AvgIpc) is 2.72. The molecular weight excluding hydrogens is 268 g/mol. The fraction of sp³-hybridized carbons (Fsp3) is 0.250. The van der Waals surface area contributed by atoms with Gasteiger partial charge in [0.25, 0.3) is 5.91 Å². The highest BCUT2D eigenvalue weighted by Crippen LogP contribution is 2.18. The van der Waals surface area contributed by atoms with Crippen molar-refractivity contribution in [1.29, 1.82) is 0 Å². The zero-order valence-electron chi connectivity index (χ0n) is 12.3. The van der Waals surface area contributed by atoms with Crippen LogP contribution in [0, 0.1) is 20.8 Å². The Morgan fingerprint density at radius 3 is 2.52 bits per heavy atom. The molecule has 0 bridgehead atoms. The van der Waals surface area contributed by atoms with Crippen molar-refractivity contribution in [2.75, 3.05) is 0 Å². The molecule has 2 rings (SSSR count). The van der Waals surface area contributed by atoms with Gasteiger partial charge in [0.2, 0.25) is 0 Å². The molecule has 1 aromatic carbocycles. The number of hydrogen-bond acceptors (Lipinski definition) is 2. The van der Waals surface area contributed by atoms with Crippen LogP contribution in [0.25, 0.3) is 0 Å². The molecule has 0 saturated carbocycles. The standard InChI is InChI=1S/C16H18N2O3/c1-9-5-4-6-12(7-9)8-17-15(19)13-10(2)14(16(20)21)18-11(13)3/h4-7,18H,8H2,1-3H3,(H,17,19)(H,20,21). The molecule has 0 aliphatic heterocycles. The first-order valence-corrected chi connectivity index (χ1v) is 6.66. The van der Waals surface area contributed by atoms with Gasteiger partial charge in [0.05, 0.1) is 5.56 Å². The number of carbonyl (C=O) groups excluding carboxylic acids is 1. The number of nitrogens with one attached hydrogen (secondary N) is 2. The van der Waals surface area contributed by atoms with Crippen LogP contribution in [0.5, 0.6) is 0 Å². The maximum absolute atomic E-state index is 12.3. The summed E-state index contributed by atoms with van der Waals surface area (Å²) in [5, 5.41) is 11.9. The van der Waals surface area contributed by atoms with Crippen molar-refractivity contribution < 1.29 is 14.7 Å². The first-order valence-electron chi connectivity index (χ1n) is 6.66. The molecule has 0 radical (unpaired) electrons. The molecule has 3 N–H and O–H groups in total. The smallest absolute Gasteiger partial charge is 0.352 e. The van der Waals surface area contributed by atoms with E-state index in [1.165, 1.54) is 0 Å². The third-order valence-corrected chi connectivity index (χ3v) is 3.41. The van der Waals surface area contributed by atoms with Crippen LogP contribution in [0.2, 0.25) is 0 Å². The second-order valence-electron chi connectivity index (χ2n) is 5.10. The van der Waals surface area contributed by atoms with E-state index in [2.05, 4.69) is 10.3 Å². The Bertz CT molecular complexity index is 702. The highest BCUT2D eigenvalue weighted by Gasteiger charge is 2.21. The Balaban J connectivity index is 2.16. The van der Waals surface area contributed by atoms with Gasteiger partial charge in [-0.3, -0.25) is 4.79 Å². The van der Waals surface area contributed by atoms with Crippen LogP contribution < -0.4 is 5.32 Å². The topological polar surface area (TPSA) is 82.2 Å². The van der Waals surface area contributed by atoms with Gasteiger partial charge in [0.15, 0.2) is 0 Å². The molecule has 0 aliphatic carbocycles. The predicted octanol–water partition coefficient (Wildman–Crippen LogP) is 2.57. The van der Waals surface area contributed by atoms with E-state index < -0.39 is 5.97 Å². The number of aromatic nitrogens is 1. The lowest BCUT2D eigenvalue weighted by atomic mass is 10.1. The summed E-state index contributed by atoms with van der Waals surface area (Å²) < 4.78 is 0. The quantitative estimate of drug-likeness (QED) is 0.808. The van der Waals surface area contributed by atoms with E-state index in [0.717, 1.165) is 11.1 Å². The van der Waals surface area contributed by atoms with Crippen LogP contribution in [0.1, 0.15) is 43.2 Å². The van der Waals surface area contributed by atoms with Crippen molar-refractivity contribution in [3.05, 3.63) is 57.9 Å². The van der Waals surface area contributed by atoms with E-state index in [0.29, 0.717) is 23.4 Å². The van der Waals surface area contributed by atoms with E-state index in [-0.39, 0.29) is 11.6 Å². The lowest BCUT2D eigenvalue weighted by molar-refractivity contribution is 0.0690. The number of aromatic carboxylic acids is 1. The van der Waals surface area contributed by atoms with Gasteiger partial charge < -0.3 is 15.4 Å². The van der Waals surface area contributed by atoms with Crippen LogP contribution in [-0.2, 0) is 6.54 Å². The zero-order valence-corrected chi connectivity index (χ0v) is 12.3. The number of carboxylic acids is 1. The number of H-pyrrole nitrogens is 1. The van der Waals surface area contributed by atoms with Crippen molar-refractivity contribution in [1.82, 2.24) is 10.3 Å². The largest absolute Gasteiger partial charge is 0.477 e. The molecule has 0 unspecified atom stereocenters. The minimum absolute atomic E-state index is 0.0632. The first-order chi connectivity index (χ1) is 9.90. The summed E-state index contributed by atoms with van der Waals surface area (Å²) in [5.41, 5.74) is 3.62. The summed E-state index contributed by atoms with van der Waals surface area (Å²) >= 11 is 0. The first kappa shape index (κ1) is 14.8. The van der Waals surface area contributed by atoms with Gasteiger partial charge in [-0.2, -0.15) is 0 Å². The van der Waals surface area contributed by atoms with Crippen LogP contribution in [0.4, 0.5) is 0 Å². The van der Waals surface area contributed by atoms with Crippen molar-refractivity contribution in [3.8, 4) is 0 Å². The molecule has 0 fully saturated rings. The molecule has 1 heterocycles. The summed E-state index contributed by atoms with van der Waals surface area (Å²) in [4.78, 5) is 26.1. The lowest BCUT2D eigenvalue weighted by Crippen LogP contribution is -2.24. The molecule has 5 nitrogen and oxygen atoms in total. The number of rotatable bonds is 4. The van der Waals surface area contributed by atoms with Gasteiger partial charge in [0.1, 0.15) is 5.69 Å². The van der Waals surface area contributed by atoms with Gasteiger partial charge in [-0.15, -0.1) is 0 Å². The average molecular weight is 286 g/mol. The Morgan fingerprint density at radius 2 is 1.95 bits per heavy atom. The van der Waals surface area contributed by atoms with Crippen molar-refractivity contribution in [2.45, 2.75) is 27.3 Å². The normalized spacial score (nSPS) is 10.4. The van der Waals surface area contributed by atoms with Gasteiger partial charge >= 0.3 is 5.97 Å². The molecular formula is C16H18N2O3. The highest BCUT2D eigenvalue weighted by atomic mass is 16.4. The minimum atomic E-state index is -1.06. The lowest BCUT2D eigenvalue weighted by Gasteiger charge is -2.07. The van der Waals surface area contributed by atoms with E-state index in [4.69, 9.17) is 5.11 Å². The molecule has 2 aromatic rings. The SMILES string of the molecule is Cc1cccc(CNC(=O)c2c(C)[nH]c(C(=O)O)c2C)c1. The summed E-state index contributed by atoms with van der Waals surface area (Å²) in [6.45, 7) is 5.73. The zero-order chi connectivity index (χ0) is 15.6. The summed E-state index contributed by atoms with van der Waals surface area (Å²) in [5.74, 6) is -1.33. The van der Waals surface area contributed by atoms with Gasteiger partial charge in [0, 0.05) is 12.2 Å². The molecule has 0 atom stereocenters. The number of aryl methyl sites for hydroxylation is 2. The van der Waals surface area contributed by atoms with Crippen molar-refractivity contribution in [2.24, 2.45) is 0 Å². The second kappa shape index (κ2) is 5.83. The third-order valence-electron chi connectivity index (χ3n) is 3.41. The number of carbonyl (C=O) groups is 2. The molecule has 110 valence electrons. The monoisotopic (exact) mass is 286 g/mol. The highest BCUT2D eigenvalue weighted by molar-refractivity contribution is 6.00. The molecule has 21 heavy (non-hydrogen) atoms. The van der Waals surface area contributed by atoms with Gasteiger partial charge in [-0.1, -0.05) is 29.8 Å². The van der Waals surface area contributed by atoms with Crippen molar-refractivity contribution in [3.63, 3.8) is 0 Å². The summed E-state index contributed by atoms with van der Waals surface area (Å²) in [6, 6.07) is 7.86. The van der Waals surface area contributed by atoms with Crippen molar-refractivity contribution >= 4 is 11.9 Å². The van der Waals surface area contributed by atoms with Crippen LogP contribution >= 0.6 is 0 Å². The number of carboxylic acid groups (broad SMARTS) is 1. The predicted molar refractivity (Wildman–Crippen MR) is 79.6 cm³/mol. The number of benzene rings is 1. The van der Waals surface area contributed by atoms with E-state index in [9.17, 15) is 9.59 Å². The molecule has 1 amide bonds. The number of aromatic amines is 1. The number of amides is 1. The summed E-state index contributed by atoms with van der Waals surface area (Å²) in [7, 11) is 0. The fourth-order valence-electron chi connectivity index (χ4n) is 2.40. The molecule has 5 heteroatoms. The van der Waals surface area contributed by atoms with Crippen LogP contribution in [-0.4, -0.2) is 22.0 Å². The fourth-order valence-corrected chi connectivity index (χ4v) is 2.40. The maximum atomic E-state index is 12.3. The Morgan fingerprint density at radius 1 is 1.24 bits per heavy atom. The van der Waals surface area contributed by atoms with Gasteiger partial charge in [-0.25, -0.2) is 4.79 Å². The van der Waals surface area contributed by atoms with Gasteiger partial charge in [-0.05, 0) is 31.9 Å². The van der Waals surface area contributed by atoms with E-state index >= 15 is 0 Å². The minimum Gasteiger partial charge on any atom is -0.477 e.